The highest BCUT2D eigenvalue weighted by atomic mass is 19.3. The molecular formula is C15H11F2N3O6. The largest absolute Gasteiger partial charge is 0.435 e. The minimum atomic E-state index is -2.95. The van der Waals surface area contributed by atoms with Crippen molar-refractivity contribution in [2.75, 3.05) is 0 Å². The van der Waals surface area contributed by atoms with Crippen LogP contribution < -0.4 is 10.1 Å². The maximum absolute atomic E-state index is 12.1. The fourth-order valence-corrected chi connectivity index (χ4v) is 2.01. The second-order valence-electron chi connectivity index (χ2n) is 4.96. The van der Waals surface area contributed by atoms with Gasteiger partial charge in [0.15, 0.2) is 0 Å². The molecule has 0 unspecified atom stereocenters. The van der Waals surface area contributed by atoms with E-state index in [4.69, 9.17) is 0 Å². The molecule has 9 nitrogen and oxygen atoms in total. The summed E-state index contributed by atoms with van der Waals surface area (Å²) in [7, 11) is 0. The highest BCUT2D eigenvalue weighted by Crippen LogP contribution is 2.22. The molecule has 26 heavy (non-hydrogen) atoms. The Labute approximate surface area is 144 Å². The summed E-state index contributed by atoms with van der Waals surface area (Å²) in [6.07, 6.45) is 0. The van der Waals surface area contributed by atoms with Crippen molar-refractivity contribution in [3.8, 4) is 5.75 Å². The van der Waals surface area contributed by atoms with Crippen LogP contribution in [0.4, 0.5) is 20.2 Å². The molecule has 0 aliphatic carbocycles. The molecule has 0 aliphatic heterocycles. The van der Waals surface area contributed by atoms with E-state index in [9.17, 15) is 33.8 Å². The molecule has 0 aliphatic rings. The third-order valence-electron chi connectivity index (χ3n) is 3.19. The molecule has 0 saturated carbocycles. The Balaban J connectivity index is 2.10. The Morgan fingerprint density at radius 1 is 1.04 bits per heavy atom. The molecule has 2 rings (SSSR count). The highest BCUT2D eigenvalue weighted by molar-refractivity contribution is 5.95. The number of nitro benzene ring substituents is 2. The lowest BCUT2D eigenvalue weighted by atomic mass is 10.1. The molecule has 0 aromatic heterocycles. The van der Waals surface area contributed by atoms with Gasteiger partial charge in [0.1, 0.15) is 5.75 Å². The molecule has 0 spiro atoms. The van der Waals surface area contributed by atoms with Crippen LogP contribution in [0, 0.1) is 20.2 Å². The van der Waals surface area contributed by atoms with Crippen LogP contribution in [0.1, 0.15) is 15.9 Å². The van der Waals surface area contributed by atoms with Crippen LogP contribution in [0.15, 0.2) is 42.5 Å². The molecule has 1 N–H and O–H groups in total. The van der Waals surface area contributed by atoms with Gasteiger partial charge in [-0.25, -0.2) is 0 Å². The number of nitro groups is 2. The zero-order valence-electron chi connectivity index (χ0n) is 12.9. The lowest BCUT2D eigenvalue weighted by Crippen LogP contribution is -2.23. The number of carbonyl (C=O) groups is 1. The van der Waals surface area contributed by atoms with Crippen LogP contribution in [0.5, 0.6) is 5.75 Å². The second kappa shape index (κ2) is 7.96. The number of alkyl halides is 2. The quantitative estimate of drug-likeness (QED) is 0.592. The maximum atomic E-state index is 12.1. The fraction of sp³-hybridized carbons (Fsp3) is 0.133. The van der Waals surface area contributed by atoms with Crippen LogP contribution in [0.3, 0.4) is 0 Å². The van der Waals surface area contributed by atoms with Crippen molar-refractivity contribution in [1.29, 1.82) is 0 Å². The first kappa shape index (κ1) is 18.7. The minimum Gasteiger partial charge on any atom is -0.435 e. The van der Waals surface area contributed by atoms with Crippen molar-refractivity contribution in [2.45, 2.75) is 13.2 Å². The zero-order chi connectivity index (χ0) is 19.3. The van der Waals surface area contributed by atoms with Gasteiger partial charge in [0.25, 0.3) is 17.3 Å². The van der Waals surface area contributed by atoms with Gasteiger partial charge in [-0.05, 0) is 17.7 Å². The van der Waals surface area contributed by atoms with E-state index >= 15 is 0 Å². The lowest BCUT2D eigenvalue weighted by Gasteiger charge is -2.07. The van der Waals surface area contributed by atoms with Crippen molar-refractivity contribution >= 4 is 17.3 Å². The predicted octanol–water partition coefficient (Wildman–Crippen LogP) is 3.03. The number of ether oxygens (including phenoxy) is 1. The van der Waals surface area contributed by atoms with Crippen LogP contribution in [-0.4, -0.2) is 22.4 Å². The van der Waals surface area contributed by atoms with Gasteiger partial charge in [0.05, 0.1) is 21.5 Å². The van der Waals surface area contributed by atoms with Gasteiger partial charge in [-0.3, -0.25) is 25.0 Å². The molecule has 0 atom stereocenters. The van der Waals surface area contributed by atoms with Crippen molar-refractivity contribution < 1.29 is 28.2 Å². The lowest BCUT2D eigenvalue weighted by molar-refractivity contribution is -0.394. The van der Waals surface area contributed by atoms with Gasteiger partial charge in [-0.15, -0.1) is 0 Å². The zero-order valence-corrected chi connectivity index (χ0v) is 12.9. The number of carbonyl (C=O) groups excluding carboxylic acids is 1. The van der Waals surface area contributed by atoms with Crippen LogP contribution >= 0.6 is 0 Å². The highest BCUT2D eigenvalue weighted by Gasteiger charge is 2.19. The molecular weight excluding hydrogens is 356 g/mol. The van der Waals surface area contributed by atoms with Crippen LogP contribution in [-0.2, 0) is 6.54 Å². The van der Waals surface area contributed by atoms with Crippen molar-refractivity contribution in [2.24, 2.45) is 0 Å². The van der Waals surface area contributed by atoms with E-state index in [-0.39, 0.29) is 17.9 Å². The number of amides is 1. The number of nitrogens with one attached hydrogen (secondary N) is 1. The molecule has 0 fully saturated rings. The molecule has 0 saturated heterocycles. The Morgan fingerprint density at radius 3 is 2.04 bits per heavy atom. The van der Waals surface area contributed by atoms with Crippen molar-refractivity contribution in [3.05, 3.63) is 73.8 Å². The molecule has 1 amide bonds. The first-order chi connectivity index (χ1) is 12.3. The van der Waals surface area contributed by atoms with E-state index in [0.717, 1.165) is 18.2 Å². The Kier molecular flexibility index (Phi) is 5.73. The van der Waals surface area contributed by atoms with Gasteiger partial charge < -0.3 is 10.1 Å². The third kappa shape index (κ3) is 4.93. The second-order valence-corrected chi connectivity index (χ2v) is 4.96. The summed E-state index contributed by atoms with van der Waals surface area (Å²) in [6, 6.07) is 8.03. The summed E-state index contributed by atoms with van der Waals surface area (Å²) in [5, 5.41) is 24.1. The number of hydrogen-bond acceptors (Lipinski definition) is 6. The average molecular weight is 367 g/mol. The number of nitrogens with zero attached hydrogens (tertiary/aromatic N) is 2. The summed E-state index contributed by atoms with van der Waals surface area (Å²) < 4.78 is 28.3. The molecule has 0 radical (unpaired) electrons. The van der Waals surface area contributed by atoms with Crippen molar-refractivity contribution in [1.82, 2.24) is 5.32 Å². The minimum absolute atomic E-state index is 0.0235. The monoisotopic (exact) mass is 367 g/mol. The van der Waals surface area contributed by atoms with Crippen molar-refractivity contribution in [3.63, 3.8) is 0 Å². The number of halogens is 2. The summed E-state index contributed by atoms with van der Waals surface area (Å²) in [5.41, 5.74) is -0.876. The Morgan fingerprint density at radius 2 is 1.58 bits per heavy atom. The molecule has 2 aromatic rings. The number of benzene rings is 2. The average Bonchev–Trinajstić information content (AvgIpc) is 2.59. The third-order valence-corrected chi connectivity index (χ3v) is 3.19. The first-order valence-corrected chi connectivity index (χ1v) is 7.02. The fourth-order valence-electron chi connectivity index (χ4n) is 2.01. The van der Waals surface area contributed by atoms with E-state index in [1.165, 1.54) is 24.3 Å². The van der Waals surface area contributed by atoms with E-state index in [1.807, 2.05) is 0 Å². The van der Waals surface area contributed by atoms with Gasteiger partial charge in [0, 0.05) is 18.7 Å². The molecule has 0 heterocycles. The molecule has 11 heteroatoms. The normalized spacial score (nSPS) is 10.4. The van der Waals surface area contributed by atoms with Gasteiger partial charge in [-0.1, -0.05) is 12.1 Å². The molecule has 2 aromatic carbocycles. The van der Waals surface area contributed by atoms with Gasteiger partial charge in [-0.2, -0.15) is 8.78 Å². The standard InChI is InChI=1S/C15H11F2N3O6/c16-15(17)26-13-3-1-9(2-4-13)8-18-14(21)10-5-11(19(22)23)7-12(6-10)20(24)25/h1-7,15H,8H2,(H,18,21). The number of hydrogen-bond donors (Lipinski definition) is 1. The number of rotatable bonds is 7. The topological polar surface area (TPSA) is 125 Å². The summed E-state index contributed by atoms with van der Waals surface area (Å²) in [4.78, 5) is 32.1. The molecule has 136 valence electrons. The van der Waals surface area contributed by atoms with E-state index in [1.54, 1.807) is 0 Å². The summed E-state index contributed by atoms with van der Waals surface area (Å²) in [5.74, 6) is -0.811. The van der Waals surface area contributed by atoms with Crippen LogP contribution in [0.25, 0.3) is 0 Å². The Hall–Kier alpha value is -3.63. The maximum Gasteiger partial charge on any atom is 0.387 e. The van der Waals surface area contributed by atoms with E-state index in [2.05, 4.69) is 10.1 Å². The van der Waals surface area contributed by atoms with Gasteiger partial charge in [0.2, 0.25) is 0 Å². The molecule has 0 bridgehead atoms. The predicted molar refractivity (Wildman–Crippen MR) is 84.0 cm³/mol. The Bertz CT molecular complexity index is 810. The number of non-ortho nitro benzene ring substituents is 2. The summed E-state index contributed by atoms with van der Waals surface area (Å²) >= 11 is 0. The summed E-state index contributed by atoms with van der Waals surface area (Å²) in [6.45, 7) is -2.98. The van der Waals surface area contributed by atoms with Crippen LogP contribution in [0.2, 0.25) is 0 Å². The van der Waals surface area contributed by atoms with E-state index in [0.29, 0.717) is 5.56 Å². The van der Waals surface area contributed by atoms with Gasteiger partial charge >= 0.3 is 6.61 Å². The smallest absolute Gasteiger partial charge is 0.387 e. The first-order valence-electron chi connectivity index (χ1n) is 7.02. The van der Waals surface area contributed by atoms with E-state index < -0.39 is 33.7 Å². The SMILES string of the molecule is O=C(NCc1ccc(OC(F)F)cc1)c1cc([N+](=O)[O-])cc([N+](=O)[O-])c1.